The number of carbonyl (C=O) groups is 2. The lowest BCUT2D eigenvalue weighted by Crippen LogP contribution is -2.54. The van der Waals surface area contributed by atoms with E-state index in [4.69, 9.17) is 0 Å². The van der Waals surface area contributed by atoms with Gasteiger partial charge in [-0.2, -0.15) is 4.90 Å². The zero-order valence-electron chi connectivity index (χ0n) is 11.8. The highest BCUT2D eigenvalue weighted by Crippen LogP contribution is 2.08. The number of imide groups is 1. The smallest absolute Gasteiger partial charge is 0.332 e. The molecule has 0 bridgehead atoms. The maximum absolute atomic E-state index is 12.1. The van der Waals surface area contributed by atoms with Crippen LogP contribution in [-0.4, -0.2) is 47.5 Å². The third kappa shape index (κ3) is 5.39. The van der Waals surface area contributed by atoms with Crippen LogP contribution < -0.4 is 10.6 Å². The third-order valence-corrected chi connectivity index (χ3v) is 2.51. The van der Waals surface area contributed by atoms with Gasteiger partial charge in [-0.25, -0.2) is 9.59 Å². The van der Waals surface area contributed by atoms with Crippen molar-refractivity contribution in [3.05, 3.63) is 0 Å². The van der Waals surface area contributed by atoms with Crippen LogP contribution in [0, 0.1) is 0 Å². The molecular formula is C11H22N4O2S. The number of hydrogen-bond acceptors (Lipinski definition) is 4. The molecule has 18 heavy (non-hydrogen) atoms. The number of thioether (sulfide) groups is 1. The number of amidine groups is 1. The summed E-state index contributed by atoms with van der Waals surface area (Å²) in [5.41, 5.74) is -0.418. The molecule has 0 aliphatic heterocycles. The van der Waals surface area contributed by atoms with Gasteiger partial charge in [0.05, 0.1) is 0 Å². The highest BCUT2D eigenvalue weighted by Gasteiger charge is 2.28. The summed E-state index contributed by atoms with van der Waals surface area (Å²) in [7, 11) is 1.54. The minimum atomic E-state index is -0.483. The monoisotopic (exact) mass is 274 g/mol. The van der Waals surface area contributed by atoms with Gasteiger partial charge in [0, 0.05) is 19.1 Å². The first-order valence-electron chi connectivity index (χ1n) is 5.67. The van der Waals surface area contributed by atoms with E-state index in [-0.39, 0.29) is 0 Å². The molecule has 0 aromatic heterocycles. The summed E-state index contributed by atoms with van der Waals surface area (Å²) in [6, 6.07) is -0.961. The van der Waals surface area contributed by atoms with Crippen molar-refractivity contribution in [1.29, 1.82) is 0 Å². The SMILES string of the molecule is CCNC(=O)N(C(=O)NC(C)(C)C)C(=NC)SC. The van der Waals surface area contributed by atoms with Crippen LogP contribution in [0.5, 0.6) is 0 Å². The van der Waals surface area contributed by atoms with E-state index in [0.717, 1.165) is 4.90 Å². The molecule has 0 atom stereocenters. The standard InChI is InChI=1S/C11H22N4O2S/c1-7-13-8(16)15(10(12-5)18-6)9(17)14-11(2,3)4/h7H2,1-6H3,(H,13,16)(H,14,17). The van der Waals surface area contributed by atoms with Gasteiger partial charge in [0.15, 0.2) is 5.17 Å². The molecule has 0 heterocycles. The first-order valence-corrected chi connectivity index (χ1v) is 6.90. The normalized spacial score (nSPS) is 12.0. The van der Waals surface area contributed by atoms with Crippen molar-refractivity contribution in [2.45, 2.75) is 33.2 Å². The number of carbonyl (C=O) groups excluding carboxylic acids is 2. The summed E-state index contributed by atoms with van der Waals surface area (Å²) in [6.45, 7) is 7.79. The maximum Gasteiger partial charge on any atom is 0.332 e. The van der Waals surface area contributed by atoms with Gasteiger partial charge in [-0.15, -0.1) is 0 Å². The second kappa shape index (κ2) is 7.25. The van der Waals surface area contributed by atoms with Crippen molar-refractivity contribution in [2.75, 3.05) is 19.8 Å². The van der Waals surface area contributed by atoms with E-state index >= 15 is 0 Å². The Labute approximate surface area is 113 Å². The molecule has 0 aliphatic carbocycles. The molecule has 4 amide bonds. The van der Waals surface area contributed by atoms with E-state index < -0.39 is 17.6 Å². The Morgan fingerprint density at radius 2 is 1.83 bits per heavy atom. The number of urea groups is 2. The van der Waals surface area contributed by atoms with E-state index in [2.05, 4.69) is 15.6 Å². The first kappa shape index (κ1) is 16.8. The summed E-state index contributed by atoms with van der Waals surface area (Å²) in [6.07, 6.45) is 1.76. The Kier molecular flexibility index (Phi) is 6.75. The van der Waals surface area contributed by atoms with E-state index in [1.165, 1.54) is 11.8 Å². The molecule has 0 aromatic carbocycles. The first-order chi connectivity index (χ1) is 8.26. The Morgan fingerprint density at radius 3 is 2.17 bits per heavy atom. The molecule has 0 saturated heterocycles. The number of aliphatic imine (C=N–C) groups is 1. The molecule has 0 spiro atoms. The highest BCUT2D eigenvalue weighted by atomic mass is 32.2. The van der Waals surface area contributed by atoms with Crippen LogP contribution in [0.2, 0.25) is 0 Å². The van der Waals surface area contributed by atoms with Crippen LogP contribution in [0.1, 0.15) is 27.7 Å². The molecule has 2 N–H and O–H groups in total. The van der Waals surface area contributed by atoms with Gasteiger partial charge in [-0.1, -0.05) is 11.8 Å². The summed E-state index contributed by atoms with van der Waals surface area (Å²) in [5, 5.41) is 5.68. The number of nitrogens with zero attached hydrogens (tertiary/aromatic N) is 2. The van der Waals surface area contributed by atoms with Crippen LogP contribution in [-0.2, 0) is 0 Å². The average molecular weight is 274 g/mol. The average Bonchev–Trinajstić information content (AvgIpc) is 2.22. The summed E-state index contributed by atoms with van der Waals surface area (Å²) < 4.78 is 0. The van der Waals surface area contributed by atoms with Crippen LogP contribution in [0.3, 0.4) is 0 Å². The van der Waals surface area contributed by atoms with E-state index in [9.17, 15) is 9.59 Å². The van der Waals surface area contributed by atoms with Crippen molar-refractivity contribution in [1.82, 2.24) is 15.5 Å². The summed E-state index contributed by atoms with van der Waals surface area (Å²) in [5.74, 6) is 0. The van der Waals surface area contributed by atoms with Gasteiger partial charge in [0.25, 0.3) is 0 Å². The molecule has 104 valence electrons. The van der Waals surface area contributed by atoms with Crippen LogP contribution >= 0.6 is 11.8 Å². The van der Waals surface area contributed by atoms with E-state index in [1.54, 1.807) is 20.2 Å². The molecule has 7 heteroatoms. The molecule has 0 radical (unpaired) electrons. The fourth-order valence-electron chi connectivity index (χ4n) is 1.16. The molecular weight excluding hydrogens is 252 g/mol. The van der Waals surface area contributed by atoms with Gasteiger partial charge in [0.2, 0.25) is 0 Å². The molecule has 0 unspecified atom stereocenters. The van der Waals surface area contributed by atoms with Crippen molar-refractivity contribution >= 4 is 29.0 Å². The molecule has 0 fully saturated rings. The lowest BCUT2D eigenvalue weighted by molar-refractivity contribution is 0.200. The Balaban J connectivity index is 5.10. The fourth-order valence-corrected chi connectivity index (χ4v) is 1.69. The minimum Gasteiger partial charge on any atom is -0.337 e. The lowest BCUT2D eigenvalue weighted by atomic mass is 10.1. The van der Waals surface area contributed by atoms with Gasteiger partial charge >= 0.3 is 12.1 Å². The molecule has 0 aromatic rings. The predicted octanol–water partition coefficient (Wildman–Crippen LogP) is 1.87. The van der Waals surface area contributed by atoms with Crippen LogP contribution in [0.25, 0.3) is 0 Å². The number of nitrogens with one attached hydrogen (secondary N) is 2. The van der Waals surface area contributed by atoms with Crippen molar-refractivity contribution in [3.63, 3.8) is 0 Å². The van der Waals surface area contributed by atoms with Crippen molar-refractivity contribution in [3.8, 4) is 0 Å². The third-order valence-electron chi connectivity index (χ3n) is 1.78. The van der Waals surface area contributed by atoms with Crippen molar-refractivity contribution < 1.29 is 9.59 Å². The topological polar surface area (TPSA) is 73.8 Å². The summed E-state index contributed by atoms with van der Waals surface area (Å²) >= 11 is 1.24. The Hall–Kier alpha value is -1.24. The van der Waals surface area contributed by atoms with Crippen LogP contribution in [0.4, 0.5) is 9.59 Å². The van der Waals surface area contributed by atoms with Gasteiger partial charge in [0.1, 0.15) is 0 Å². The summed E-state index contributed by atoms with van der Waals surface area (Å²) in [4.78, 5) is 28.9. The number of amides is 4. The predicted molar refractivity (Wildman–Crippen MR) is 76.1 cm³/mol. The van der Waals surface area contributed by atoms with Gasteiger partial charge in [-0.3, -0.25) is 4.99 Å². The quantitative estimate of drug-likeness (QED) is 0.566. The molecule has 0 aliphatic rings. The van der Waals surface area contributed by atoms with Gasteiger partial charge < -0.3 is 10.6 Å². The van der Waals surface area contributed by atoms with Gasteiger partial charge in [-0.05, 0) is 34.0 Å². The van der Waals surface area contributed by atoms with Crippen molar-refractivity contribution in [2.24, 2.45) is 4.99 Å². The molecule has 6 nitrogen and oxygen atoms in total. The molecule has 0 rings (SSSR count). The second-order valence-electron chi connectivity index (χ2n) is 4.56. The lowest BCUT2D eigenvalue weighted by Gasteiger charge is -2.27. The Morgan fingerprint density at radius 1 is 1.28 bits per heavy atom. The second-order valence-corrected chi connectivity index (χ2v) is 5.33. The maximum atomic E-state index is 12.1. The Bertz CT molecular complexity index is 336. The highest BCUT2D eigenvalue weighted by molar-refractivity contribution is 8.13. The zero-order valence-corrected chi connectivity index (χ0v) is 12.6. The van der Waals surface area contributed by atoms with E-state index in [0.29, 0.717) is 11.7 Å². The zero-order chi connectivity index (χ0) is 14.3. The number of hydrogen-bond donors (Lipinski definition) is 2. The largest absolute Gasteiger partial charge is 0.337 e. The fraction of sp³-hybridized carbons (Fsp3) is 0.727. The van der Waals surface area contributed by atoms with E-state index in [1.807, 2.05) is 20.8 Å². The minimum absolute atomic E-state index is 0.350. The van der Waals surface area contributed by atoms with Crippen LogP contribution in [0.15, 0.2) is 4.99 Å². The molecule has 0 saturated carbocycles. The number of rotatable bonds is 1.